The van der Waals surface area contributed by atoms with Crippen LogP contribution in [0.15, 0.2) is 6.07 Å². The molecule has 0 aromatic carbocycles. The summed E-state index contributed by atoms with van der Waals surface area (Å²) in [5.41, 5.74) is 4.40. The third-order valence-corrected chi connectivity index (χ3v) is 1.15. The Morgan fingerprint density at radius 1 is 1.38 bits per heavy atom. The Morgan fingerprint density at radius 3 is 2.15 bits per heavy atom. The molecule has 1 aromatic heterocycles. The number of rotatable bonds is 1. The minimum Gasteiger partial charge on any atom is -0.325 e. The van der Waals surface area contributed by atoms with Crippen LogP contribution in [0, 0.1) is 0 Å². The molecule has 0 amide bonds. The van der Waals surface area contributed by atoms with Crippen molar-refractivity contribution in [2.75, 3.05) is 0 Å². The van der Waals surface area contributed by atoms with E-state index in [9.17, 15) is 13.2 Å². The van der Waals surface area contributed by atoms with Crippen LogP contribution in [0.2, 0.25) is 0 Å². The maximum atomic E-state index is 11.8. The van der Waals surface area contributed by atoms with E-state index in [1.54, 1.807) is 0 Å². The third kappa shape index (κ3) is 3.84. The third-order valence-electron chi connectivity index (χ3n) is 1.15. The van der Waals surface area contributed by atoms with Crippen molar-refractivity contribution in [3.05, 3.63) is 17.5 Å². The normalized spacial score (nSPS) is 10.2. The Hall–Kier alpha value is -0.460. The largest absolute Gasteiger partial charge is 0.432 e. The van der Waals surface area contributed by atoms with Crippen LogP contribution in [-0.2, 0) is 12.7 Å². The number of nitrogens with zero attached hydrogens (tertiary/aromatic N) is 1. The Kier molecular flexibility index (Phi) is 6.14. The molecule has 0 bridgehead atoms. The molecule has 0 aliphatic heterocycles. The van der Waals surface area contributed by atoms with Crippen LogP contribution in [0.5, 0.6) is 0 Å². The van der Waals surface area contributed by atoms with Gasteiger partial charge in [0.2, 0.25) is 0 Å². The van der Waals surface area contributed by atoms with Gasteiger partial charge in [0, 0.05) is 6.54 Å². The van der Waals surface area contributed by atoms with E-state index < -0.39 is 11.9 Å². The highest BCUT2D eigenvalue weighted by Crippen LogP contribution is 2.27. The predicted octanol–water partition coefficient (Wildman–Crippen LogP) is 1.73. The molecule has 1 rings (SSSR count). The van der Waals surface area contributed by atoms with Crippen LogP contribution in [0.3, 0.4) is 0 Å². The SMILES string of the molecule is Cl.Cl.NCc1cc(C(F)(F)F)[nH]n1. The Bertz CT molecular complexity index is 247. The number of halogens is 5. The summed E-state index contributed by atoms with van der Waals surface area (Å²) in [5.74, 6) is 0. The van der Waals surface area contributed by atoms with Crippen LogP contribution >= 0.6 is 24.8 Å². The van der Waals surface area contributed by atoms with Gasteiger partial charge in [0.1, 0.15) is 5.69 Å². The number of nitrogens with two attached hydrogens (primary N) is 1. The molecule has 3 N–H and O–H groups in total. The van der Waals surface area contributed by atoms with E-state index in [1.165, 1.54) is 0 Å². The van der Waals surface area contributed by atoms with Crippen LogP contribution in [0.25, 0.3) is 0 Å². The number of hydrogen-bond donors (Lipinski definition) is 2. The monoisotopic (exact) mass is 237 g/mol. The van der Waals surface area contributed by atoms with Crippen LogP contribution in [0.1, 0.15) is 11.4 Å². The van der Waals surface area contributed by atoms with Gasteiger partial charge in [-0.3, -0.25) is 5.10 Å². The molecule has 0 atom stereocenters. The van der Waals surface area contributed by atoms with Crippen molar-refractivity contribution >= 4 is 24.8 Å². The molecule has 0 aliphatic carbocycles. The quantitative estimate of drug-likeness (QED) is 0.782. The zero-order valence-corrected chi connectivity index (χ0v) is 7.89. The van der Waals surface area contributed by atoms with E-state index in [0.29, 0.717) is 0 Å². The molecular weight excluding hydrogens is 230 g/mol. The molecule has 3 nitrogen and oxygen atoms in total. The van der Waals surface area contributed by atoms with Gasteiger partial charge >= 0.3 is 6.18 Å². The van der Waals surface area contributed by atoms with Crippen molar-refractivity contribution in [2.24, 2.45) is 5.73 Å². The average Bonchev–Trinajstić information content (AvgIpc) is 2.32. The lowest BCUT2D eigenvalue weighted by atomic mass is 10.3. The van der Waals surface area contributed by atoms with Crippen molar-refractivity contribution in [1.29, 1.82) is 0 Å². The lowest BCUT2D eigenvalue weighted by molar-refractivity contribution is -0.141. The highest BCUT2D eigenvalue weighted by Gasteiger charge is 2.32. The summed E-state index contributed by atoms with van der Waals surface area (Å²) in [6, 6.07) is 0.889. The van der Waals surface area contributed by atoms with Gasteiger partial charge in [-0.15, -0.1) is 24.8 Å². The molecule has 0 saturated carbocycles. The Morgan fingerprint density at radius 2 is 1.92 bits per heavy atom. The van der Waals surface area contributed by atoms with Gasteiger partial charge in [-0.25, -0.2) is 0 Å². The predicted molar refractivity (Wildman–Crippen MR) is 46.0 cm³/mol. The first-order valence-electron chi connectivity index (χ1n) is 2.85. The zero-order valence-electron chi connectivity index (χ0n) is 6.26. The van der Waals surface area contributed by atoms with Crippen LogP contribution in [-0.4, -0.2) is 10.2 Å². The maximum absolute atomic E-state index is 11.8. The standard InChI is InChI=1S/C5H6F3N3.2ClH/c6-5(7,8)4-1-3(2-9)10-11-4;;/h1H,2,9H2,(H,10,11);2*1H. The minimum atomic E-state index is -4.36. The molecule has 0 unspecified atom stereocenters. The van der Waals surface area contributed by atoms with Crippen molar-refractivity contribution in [2.45, 2.75) is 12.7 Å². The summed E-state index contributed by atoms with van der Waals surface area (Å²) >= 11 is 0. The molecule has 0 saturated heterocycles. The second kappa shape index (κ2) is 5.31. The Labute approximate surface area is 84.7 Å². The fourth-order valence-electron chi connectivity index (χ4n) is 0.613. The molecule has 0 radical (unpaired) electrons. The number of nitrogens with one attached hydrogen (secondary N) is 1. The molecule has 8 heteroatoms. The molecule has 78 valence electrons. The fraction of sp³-hybridized carbons (Fsp3) is 0.400. The molecule has 0 fully saturated rings. The van der Waals surface area contributed by atoms with Gasteiger partial charge in [-0.2, -0.15) is 18.3 Å². The van der Waals surface area contributed by atoms with Gasteiger partial charge in [-0.1, -0.05) is 0 Å². The van der Waals surface area contributed by atoms with Gasteiger partial charge in [0.05, 0.1) is 5.69 Å². The molecule has 13 heavy (non-hydrogen) atoms. The van der Waals surface area contributed by atoms with Gasteiger partial charge in [0.15, 0.2) is 0 Å². The highest BCUT2D eigenvalue weighted by molar-refractivity contribution is 5.85. The summed E-state index contributed by atoms with van der Waals surface area (Å²) in [5, 5.41) is 5.17. The number of H-pyrrole nitrogens is 1. The average molecular weight is 238 g/mol. The van der Waals surface area contributed by atoms with Crippen molar-refractivity contribution in [3.8, 4) is 0 Å². The summed E-state index contributed by atoms with van der Waals surface area (Å²) in [4.78, 5) is 0. The smallest absolute Gasteiger partial charge is 0.325 e. The Balaban J connectivity index is 0. The highest BCUT2D eigenvalue weighted by atomic mass is 35.5. The summed E-state index contributed by atoms with van der Waals surface area (Å²) in [7, 11) is 0. The second-order valence-electron chi connectivity index (χ2n) is 1.97. The van der Waals surface area contributed by atoms with Crippen molar-refractivity contribution < 1.29 is 13.2 Å². The molecule has 1 aromatic rings. The summed E-state index contributed by atoms with van der Waals surface area (Å²) in [6.45, 7) is 0.00653. The van der Waals surface area contributed by atoms with Gasteiger partial charge < -0.3 is 5.73 Å². The fourth-order valence-corrected chi connectivity index (χ4v) is 0.613. The van der Waals surface area contributed by atoms with E-state index >= 15 is 0 Å². The van der Waals surface area contributed by atoms with Crippen molar-refractivity contribution in [1.82, 2.24) is 10.2 Å². The molecular formula is C5H8Cl2F3N3. The van der Waals surface area contributed by atoms with E-state index in [1.807, 2.05) is 5.10 Å². The first-order chi connectivity index (χ1) is 5.04. The van der Waals surface area contributed by atoms with Crippen molar-refractivity contribution in [3.63, 3.8) is 0 Å². The number of aromatic nitrogens is 2. The van der Waals surface area contributed by atoms with E-state index in [-0.39, 0.29) is 37.1 Å². The first-order valence-corrected chi connectivity index (χ1v) is 2.85. The molecule has 1 heterocycles. The van der Waals surface area contributed by atoms with E-state index in [4.69, 9.17) is 5.73 Å². The number of aromatic amines is 1. The van der Waals surface area contributed by atoms with Crippen LogP contribution < -0.4 is 5.73 Å². The second-order valence-corrected chi connectivity index (χ2v) is 1.97. The van der Waals surface area contributed by atoms with Gasteiger partial charge in [-0.05, 0) is 6.07 Å². The zero-order chi connectivity index (χ0) is 8.48. The molecule has 0 aliphatic rings. The molecule has 0 spiro atoms. The lowest BCUT2D eigenvalue weighted by Gasteiger charge is -1.99. The summed E-state index contributed by atoms with van der Waals surface area (Å²) < 4.78 is 35.5. The minimum absolute atomic E-state index is 0. The topological polar surface area (TPSA) is 54.7 Å². The summed E-state index contributed by atoms with van der Waals surface area (Å²) in [6.07, 6.45) is -4.36. The van der Waals surface area contributed by atoms with E-state index in [0.717, 1.165) is 6.07 Å². The van der Waals surface area contributed by atoms with Gasteiger partial charge in [0.25, 0.3) is 0 Å². The van der Waals surface area contributed by atoms with Crippen LogP contribution in [0.4, 0.5) is 13.2 Å². The number of hydrogen-bond acceptors (Lipinski definition) is 2. The number of alkyl halides is 3. The lowest BCUT2D eigenvalue weighted by Crippen LogP contribution is -2.04. The maximum Gasteiger partial charge on any atom is 0.432 e. The van der Waals surface area contributed by atoms with E-state index in [2.05, 4.69) is 5.10 Å². The first kappa shape index (κ1) is 15.0.